The van der Waals surface area contributed by atoms with E-state index in [1.54, 1.807) is 12.0 Å². The first-order chi connectivity index (χ1) is 14.4. The average molecular weight is 417 g/mol. The largest absolute Gasteiger partial charge is 0.495 e. The molecular formula is C19H23N5O6. The average Bonchev–Trinajstić information content (AvgIpc) is 2.77. The number of methoxy groups -OCH3 is 1. The molecule has 2 heterocycles. The smallest absolute Gasteiger partial charge is 0.325 e. The van der Waals surface area contributed by atoms with E-state index in [4.69, 9.17) is 4.74 Å². The molecule has 2 aromatic rings. The number of nitrogens with one attached hydrogen (secondary N) is 3. The fourth-order valence-electron chi connectivity index (χ4n) is 3.28. The second-order valence-electron chi connectivity index (χ2n) is 6.68. The van der Waals surface area contributed by atoms with Gasteiger partial charge < -0.3 is 29.9 Å². The third-order valence-corrected chi connectivity index (χ3v) is 4.87. The number of aromatic amines is 2. The zero-order valence-electron chi connectivity index (χ0n) is 16.4. The molecule has 0 bridgehead atoms. The lowest BCUT2D eigenvalue weighted by molar-refractivity contribution is -0.134. The van der Waals surface area contributed by atoms with Crippen LogP contribution in [0.15, 0.2) is 40.1 Å². The van der Waals surface area contributed by atoms with E-state index in [0.29, 0.717) is 26.2 Å². The van der Waals surface area contributed by atoms with Crippen LogP contribution in [0.3, 0.4) is 0 Å². The molecule has 1 aromatic heterocycles. The van der Waals surface area contributed by atoms with Crippen molar-refractivity contribution in [3.8, 4) is 5.75 Å². The van der Waals surface area contributed by atoms with Crippen molar-refractivity contribution in [1.29, 1.82) is 0 Å². The molecule has 11 heteroatoms. The standard InChI is InChI=1S/C19H23N5O6/c1-30-15-5-3-2-4-14(15)23-6-8-24(9-7-23)18(28)13(11-25)21-16(26)12-10-20-19(29)22-17(12)27/h2-5,10,13,25H,6-9,11H2,1H3,(H,21,26)(H2,20,22,27,29). The zero-order valence-corrected chi connectivity index (χ0v) is 16.4. The number of aliphatic hydroxyl groups is 1. The lowest BCUT2D eigenvalue weighted by Crippen LogP contribution is -2.56. The van der Waals surface area contributed by atoms with E-state index >= 15 is 0 Å². The normalized spacial score (nSPS) is 14.9. The molecule has 1 aromatic carbocycles. The number of piperazine rings is 1. The van der Waals surface area contributed by atoms with Crippen molar-refractivity contribution in [3.63, 3.8) is 0 Å². The first-order valence-corrected chi connectivity index (χ1v) is 9.35. The van der Waals surface area contributed by atoms with Gasteiger partial charge in [-0.3, -0.25) is 19.4 Å². The van der Waals surface area contributed by atoms with Crippen LogP contribution in [-0.4, -0.2) is 77.7 Å². The van der Waals surface area contributed by atoms with Gasteiger partial charge in [0.05, 0.1) is 19.4 Å². The number of aliphatic hydroxyl groups excluding tert-OH is 1. The molecule has 3 rings (SSSR count). The van der Waals surface area contributed by atoms with Gasteiger partial charge in [0.25, 0.3) is 11.5 Å². The molecule has 0 radical (unpaired) electrons. The number of hydrogen-bond acceptors (Lipinski definition) is 7. The van der Waals surface area contributed by atoms with Crippen molar-refractivity contribution in [2.24, 2.45) is 0 Å². The van der Waals surface area contributed by atoms with E-state index in [0.717, 1.165) is 17.6 Å². The Labute approximate surface area is 171 Å². The number of nitrogens with zero attached hydrogens (tertiary/aromatic N) is 2. The number of carbonyl (C=O) groups is 2. The summed E-state index contributed by atoms with van der Waals surface area (Å²) in [5.41, 5.74) is -1.07. The molecule has 0 aliphatic carbocycles. The zero-order chi connectivity index (χ0) is 21.7. The highest BCUT2D eigenvalue weighted by molar-refractivity contribution is 5.97. The Balaban J connectivity index is 1.63. The number of hydrogen-bond donors (Lipinski definition) is 4. The predicted octanol–water partition coefficient (Wildman–Crippen LogP) is -1.49. The van der Waals surface area contributed by atoms with Crippen molar-refractivity contribution >= 4 is 17.5 Å². The van der Waals surface area contributed by atoms with Gasteiger partial charge in [0.2, 0.25) is 5.91 Å². The highest BCUT2D eigenvalue weighted by Gasteiger charge is 2.29. The molecule has 1 aliphatic heterocycles. The summed E-state index contributed by atoms with van der Waals surface area (Å²) < 4.78 is 5.38. The maximum Gasteiger partial charge on any atom is 0.325 e. The molecule has 4 N–H and O–H groups in total. The Hall–Kier alpha value is -3.60. The first kappa shape index (κ1) is 21.1. The summed E-state index contributed by atoms with van der Waals surface area (Å²) in [5, 5.41) is 11.9. The minimum absolute atomic E-state index is 0.359. The molecule has 0 saturated carbocycles. The lowest BCUT2D eigenvalue weighted by atomic mass is 10.2. The number of H-pyrrole nitrogens is 2. The van der Waals surface area contributed by atoms with Crippen molar-refractivity contribution in [2.45, 2.75) is 6.04 Å². The molecule has 11 nitrogen and oxygen atoms in total. The summed E-state index contributed by atoms with van der Waals surface area (Å²) in [6, 6.07) is 6.38. The fourth-order valence-corrected chi connectivity index (χ4v) is 3.28. The van der Waals surface area contributed by atoms with Gasteiger partial charge in [-0.2, -0.15) is 0 Å². The van der Waals surface area contributed by atoms with Crippen molar-refractivity contribution < 1.29 is 19.4 Å². The van der Waals surface area contributed by atoms with Crippen molar-refractivity contribution in [2.75, 3.05) is 44.8 Å². The topological polar surface area (TPSA) is 148 Å². The Morgan fingerprint density at radius 1 is 1.20 bits per heavy atom. The SMILES string of the molecule is COc1ccccc1N1CCN(C(=O)C(CO)NC(=O)c2c[nH]c(=O)[nH]c2=O)CC1. The van der Waals surface area contributed by atoms with Gasteiger partial charge in [-0.05, 0) is 12.1 Å². The van der Waals surface area contributed by atoms with E-state index < -0.39 is 35.7 Å². The van der Waals surface area contributed by atoms with Gasteiger partial charge >= 0.3 is 5.69 Å². The summed E-state index contributed by atoms with van der Waals surface area (Å²) in [4.78, 5) is 55.6. The fraction of sp³-hybridized carbons (Fsp3) is 0.368. The van der Waals surface area contributed by atoms with E-state index in [1.165, 1.54) is 0 Å². The highest BCUT2D eigenvalue weighted by atomic mass is 16.5. The van der Waals surface area contributed by atoms with Gasteiger partial charge in [-0.15, -0.1) is 0 Å². The van der Waals surface area contributed by atoms with Crippen LogP contribution in [0.4, 0.5) is 5.69 Å². The molecule has 1 saturated heterocycles. The molecule has 2 amide bonds. The van der Waals surface area contributed by atoms with Crippen molar-refractivity contribution in [1.82, 2.24) is 20.2 Å². The number of benzene rings is 1. The monoisotopic (exact) mass is 417 g/mol. The van der Waals surface area contributed by atoms with Gasteiger partial charge in [0.1, 0.15) is 17.4 Å². The number of carbonyl (C=O) groups excluding carboxylic acids is 2. The van der Waals surface area contributed by atoms with Gasteiger partial charge in [0, 0.05) is 32.4 Å². The second kappa shape index (κ2) is 9.27. The molecule has 30 heavy (non-hydrogen) atoms. The first-order valence-electron chi connectivity index (χ1n) is 9.35. The van der Waals surface area contributed by atoms with E-state index in [9.17, 15) is 24.3 Å². The second-order valence-corrected chi connectivity index (χ2v) is 6.68. The molecule has 1 unspecified atom stereocenters. The highest BCUT2D eigenvalue weighted by Crippen LogP contribution is 2.28. The minimum atomic E-state index is -1.21. The Kier molecular flexibility index (Phi) is 6.52. The van der Waals surface area contributed by atoms with Crippen LogP contribution < -0.4 is 26.2 Å². The summed E-state index contributed by atoms with van der Waals surface area (Å²) in [5.74, 6) is -0.581. The van der Waals surface area contributed by atoms with E-state index in [-0.39, 0.29) is 5.56 Å². The predicted molar refractivity (Wildman–Crippen MR) is 108 cm³/mol. The molecule has 1 aliphatic rings. The third kappa shape index (κ3) is 4.51. The number of anilines is 1. The van der Waals surface area contributed by atoms with Crippen LogP contribution in [0.1, 0.15) is 10.4 Å². The van der Waals surface area contributed by atoms with Gasteiger partial charge in [-0.25, -0.2) is 4.79 Å². The van der Waals surface area contributed by atoms with Crippen LogP contribution >= 0.6 is 0 Å². The summed E-state index contributed by atoms with van der Waals surface area (Å²) in [6.07, 6.45) is 0.960. The van der Waals surface area contributed by atoms with E-state index in [2.05, 4.69) is 15.2 Å². The maximum atomic E-state index is 12.8. The van der Waals surface area contributed by atoms with Crippen LogP contribution in [0.5, 0.6) is 5.75 Å². The Morgan fingerprint density at radius 3 is 2.53 bits per heavy atom. The third-order valence-electron chi connectivity index (χ3n) is 4.87. The van der Waals surface area contributed by atoms with Crippen molar-refractivity contribution in [3.05, 3.63) is 56.9 Å². The van der Waals surface area contributed by atoms with Crippen LogP contribution in [0.2, 0.25) is 0 Å². The quantitative estimate of drug-likeness (QED) is 0.448. The number of ether oxygens (including phenoxy) is 1. The van der Waals surface area contributed by atoms with E-state index in [1.807, 2.05) is 29.2 Å². The van der Waals surface area contributed by atoms with Crippen LogP contribution in [0, 0.1) is 0 Å². The van der Waals surface area contributed by atoms with Crippen LogP contribution in [-0.2, 0) is 4.79 Å². The number of rotatable bonds is 6. The number of aromatic nitrogens is 2. The molecule has 160 valence electrons. The van der Waals surface area contributed by atoms with Gasteiger partial charge in [0.15, 0.2) is 0 Å². The Bertz CT molecular complexity index is 1020. The number of para-hydroxylation sites is 2. The molecular weight excluding hydrogens is 394 g/mol. The molecule has 1 atom stereocenters. The molecule has 1 fully saturated rings. The summed E-state index contributed by atoms with van der Waals surface area (Å²) in [6.45, 7) is 1.26. The Morgan fingerprint density at radius 2 is 1.90 bits per heavy atom. The van der Waals surface area contributed by atoms with Gasteiger partial charge in [-0.1, -0.05) is 12.1 Å². The minimum Gasteiger partial charge on any atom is -0.495 e. The lowest BCUT2D eigenvalue weighted by Gasteiger charge is -2.37. The molecule has 0 spiro atoms. The maximum absolute atomic E-state index is 12.8. The summed E-state index contributed by atoms with van der Waals surface area (Å²) in [7, 11) is 1.60. The summed E-state index contributed by atoms with van der Waals surface area (Å²) >= 11 is 0. The van der Waals surface area contributed by atoms with Crippen LogP contribution in [0.25, 0.3) is 0 Å². The number of amides is 2.